The second kappa shape index (κ2) is 5.87. The summed E-state index contributed by atoms with van der Waals surface area (Å²) >= 11 is 0. The fourth-order valence-corrected chi connectivity index (χ4v) is 1.16. The average molecular weight is 209 g/mol. The van der Waals surface area contributed by atoms with Gasteiger partial charge in [-0.05, 0) is 6.07 Å². The number of para-hydroxylation sites is 1. The predicted molar refractivity (Wildman–Crippen MR) is 57.4 cm³/mol. The van der Waals surface area contributed by atoms with Gasteiger partial charge in [-0.3, -0.25) is 0 Å². The third kappa shape index (κ3) is 4.33. The molecule has 5 nitrogen and oxygen atoms in total. The molecule has 0 aromatic heterocycles. The Labute approximate surface area is 88.3 Å². The first-order valence-corrected chi connectivity index (χ1v) is 4.71. The minimum absolute atomic E-state index is 0.271. The first-order valence-electron chi connectivity index (χ1n) is 4.71. The van der Waals surface area contributed by atoms with Crippen LogP contribution >= 0.6 is 0 Å². The number of urea groups is 1. The van der Waals surface area contributed by atoms with E-state index in [0.717, 1.165) is 5.56 Å². The summed E-state index contributed by atoms with van der Waals surface area (Å²) in [7, 11) is 0. The quantitative estimate of drug-likeness (QED) is 0.520. The number of benzene rings is 1. The van der Waals surface area contributed by atoms with E-state index in [1.54, 1.807) is 12.1 Å². The lowest BCUT2D eigenvalue weighted by atomic mass is 10.2. The summed E-state index contributed by atoms with van der Waals surface area (Å²) < 4.78 is 0. The maximum Gasteiger partial charge on any atom is 0.312 e. The van der Waals surface area contributed by atoms with Gasteiger partial charge < -0.3 is 21.5 Å². The molecule has 0 heterocycles. The lowest BCUT2D eigenvalue weighted by Gasteiger charge is -2.06. The van der Waals surface area contributed by atoms with E-state index in [9.17, 15) is 9.90 Å². The lowest BCUT2D eigenvalue weighted by molar-refractivity contribution is 0.249. The number of carbonyl (C=O) groups is 1. The van der Waals surface area contributed by atoms with E-state index in [1.807, 2.05) is 12.1 Å². The molecule has 0 radical (unpaired) electrons. The third-order valence-corrected chi connectivity index (χ3v) is 1.91. The summed E-state index contributed by atoms with van der Waals surface area (Å²) in [5.41, 5.74) is 5.72. The van der Waals surface area contributed by atoms with Crippen LogP contribution in [0.3, 0.4) is 0 Å². The van der Waals surface area contributed by atoms with Gasteiger partial charge in [0.25, 0.3) is 0 Å². The number of phenolic OH excluding ortho intramolecular Hbond substituents is 1. The first kappa shape index (κ1) is 11.3. The molecule has 5 heteroatoms. The number of hydrogen-bond acceptors (Lipinski definition) is 3. The van der Waals surface area contributed by atoms with Crippen LogP contribution in [0.15, 0.2) is 24.3 Å². The Morgan fingerprint density at radius 2 is 2.07 bits per heavy atom. The van der Waals surface area contributed by atoms with Crippen molar-refractivity contribution in [2.24, 2.45) is 5.73 Å². The van der Waals surface area contributed by atoms with Crippen LogP contribution in [-0.2, 0) is 6.54 Å². The van der Waals surface area contributed by atoms with Gasteiger partial charge in [0.05, 0.1) is 0 Å². The van der Waals surface area contributed by atoms with Crippen LogP contribution in [0, 0.1) is 0 Å². The molecule has 1 aromatic rings. The highest BCUT2D eigenvalue weighted by Crippen LogP contribution is 2.14. The highest BCUT2D eigenvalue weighted by Gasteiger charge is 1.98. The number of nitrogens with one attached hydrogen (secondary N) is 2. The van der Waals surface area contributed by atoms with Gasteiger partial charge >= 0.3 is 6.03 Å². The summed E-state index contributed by atoms with van der Waals surface area (Å²) in [6, 6.07) is 6.58. The summed E-state index contributed by atoms with van der Waals surface area (Å²) in [6.45, 7) is 1.65. The third-order valence-electron chi connectivity index (χ3n) is 1.91. The van der Waals surface area contributed by atoms with Crippen molar-refractivity contribution in [3.8, 4) is 5.75 Å². The van der Waals surface area contributed by atoms with Crippen molar-refractivity contribution in [3.63, 3.8) is 0 Å². The smallest absolute Gasteiger partial charge is 0.312 e. The number of hydrogen-bond donors (Lipinski definition) is 4. The van der Waals surface area contributed by atoms with Gasteiger partial charge in [-0.2, -0.15) is 0 Å². The minimum atomic E-state index is -0.528. The molecular formula is C10H15N3O2. The zero-order valence-electron chi connectivity index (χ0n) is 8.36. The topological polar surface area (TPSA) is 87.4 Å². The molecule has 0 aliphatic carbocycles. The van der Waals surface area contributed by atoms with E-state index in [4.69, 9.17) is 5.73 Å². The number of amides is 2. The van der Waals surface area contributed by atoms with E-state index in [0.29, 0.717) is 19.6 Å². The largest absolute Gasteiger partial charge is 0.508 e. The van der Waals surface area contributed by atoms with Crippen molar-refractivity contribution in [1.29, 1.82) is 0 Å². The minimum Gasteiger partial charge on any atom is -0.508 e. The zero-order chi connectivity index (χ0) is 11.1. The molecule has 0 spiro atoms. The average Bonchev–Trinajstić information content (AvgIpc) is 2.20. The van der Waals surface area contributed by atoms with Crippen LogP contribution < -0.4 is 16.4 Å². The van der Waals surface area contributed by atoms with Crippen molar-refractivity contribution in [2.45, 2.75) is 6.54 Å². The molecule has 0 fully saturated rings. The molecule has 0 aliphatic rings. The Balaban J connectivity index is 2.21. The molecule has 2 amide bonds. The van der Waals surface area contributed by atoms with Crippen LogP contribution in [0.25, 0.3) is 0 Å². The van der Waals surface area contributed by atoms with Crippen molar-refractivity contribution < 1.29 is 9.90 Å². The molecule has 5 N–H and O–H groups in total. The molecule has 0 bridgehead atoms. The second-order valence-electron chi connectivity index (χ2n) is 3.10. The first-order chi connectivity index (χ1) is 7.20. The zero-order valence-corrected chi connectivity index (χ0v) is 8.36. The number of aromatic hydroxyl groups is 1. The Morgan fingerprint density at radius 1 is 1.33 bits per heavy atom. The highest BCUT2D eigenvalue weighted by molar-refractivity contribution is 5.71. The SMILES string of the molecule is NC(=O)NCCNCc1ccccc1O. The molecule has 82 valence electrons. The van der Waals surface area contributed by atoms with Gasteiger partial charge in [-0.25, -0.2) is 4.79 Å². The molecule has 0 saturated carbocycles. The summed E-state index contributed by atoms with van der Waals surface area (Å²) in [4.78, 5) is 10.3. The summed E-state index contributed by atoms with van der Waals surface area (Å²) in [5, 5.41) is 15.0. The van der Waals surface area contributed by atoms with Gasteiger partial charge in [0.15, 0.2) is 0 Å². The predicted octanol–water partition coefficient (Wildman–Crippen LogP) is 0.150. The number of carbonyl (C=O) groups excluding carboxylic acids is 1. The summed E-state index contributed by atoms with van der Waals surface area (Å²) in [5.74, 6) is 0.271. The van der Waals surface area contributed by atoms with Gasteiger partial charge in [0, 0.05) is 25.2 Å². The molecule has 1 aromatic carbocycles. The van der Waals surface area contributed by atoms with Crippen molar-refractivity contribution in [1.82, 2.24) is 10.6 Å². The Bertz CT molecular complexity index is 328. The monoisotopic (exact) mass is 209 g/mol. The number of primary amides is 1. The molecule has 0 saturated heterocycles. The molecule has 1 rings (SSSR count). The van der Waals surface area contributed by atoms with E-state index in [2.05, 4.69) is 10.6 Å². The molecule has 0 unspecified atom stereocenters. The number of rotatable bonds is 5. The fraction of sp³-hybridized carbons (Fsp3) is 0.300. The highest BCUT2D eigenvalue weighted by atomic mass is 16.3. The Hall–Kier alpha value is -1.75. The molecule has 15 heavy (non-hydrogen) atoms. The van der Waals surface area contributed by atoms with Crippen LogP contribution in [0.1, 0.15) is 5.56 Å². The summed E-state index contributed by atoms with van der Waals surface area (Å²) in [6.07, 6.45) is 0. The molecule has 0 aliphatic heterocycles. The van der Waals surface area contributed by atoms with E-state index >= 15 is 0 Å². The second-order valence-corrected chi connectivity index (χ2v) is 3.10. The Kier molecular flexibility index (Phi) is 4.43. The standard InChI is InChI=1S/C10H15N3O2/c11-10(15)13-6-5-12-7-8-3-1-2-4-9(8)14/h1-4,12,14H,5-7H2,(H3,11,13,15). The van der Waals surface area contributed by atoms with Crippen LogP contribution in [0.2, 0.25) is 0 Å². The molecular weight excluding hydrogens is 194 g/mol. The van der Waals surface area contributed by atoms with Crippen molar-refractivity contribution >= 4 is 6.03 Å². The van der Waals surface area contributed by atoms with Gasteiger partial charge in [-0.1, -0.05) is 18.2 Å². The van der Waals surface area contributed by atoms with Gasteiger partial charge in [-0.15, -0.1) is 0 Å². The van der Waals surface area contributed by atoms with Crippen LogP contribution in [0.4, 0.5) is 4.79 Å². The maximum absolute atomic E-state index is 10.3. The van der Waals surface area contributed by atoms with Gasteiger partial charge in [0.1, 0.15) is 5.75 Å². The Morgan fingerprint density at radius 3 is 2.73 bits per heavy atom. The van der Waals surface area contributed by atoms with Crippen LogP contribution in [0.5, 0.6) is 5.75 Å². The van der Waals surface area contributed by atoms with Gasteiger partial charge in [0.2, 0.25) is 0 Å². The van der Waals surface area contributed by atoms with Crippen molar-refractivity contribution in [2.75, 3.05) is 13.1 Å². The van der Waals surface area contributed by atoms with E-state index in [-0.39, 0.29) is 5.75 Å². The van der Waals surface area contributed by atoms with Crippen molar-refractivity contribution in [3.05, 3.63) is 29.8 Å². The van der Waals surface area contributed by atoms with E-state index in [1.165, 1.54) is 0 Å². The molecule has 0 atom stereocenters. The fourth-order valence-electron chi connectivity index (χ4n) is 1.16. The van der Waals surface area contributed by atoms with E-state index < -0.39 is 6.03 Å². The maximum atomic E-state index is 10.3. The van der Waals surface area contributed by atoms with Crippen LogP contribution in [-0.4, -0.2) is 24.2 Å². The number of nitrogens with two attached hydrogens (primary N) is 1. The normalized spacial score (nSPS) is 9.87. The number of phenols is 1. The lowest BCUT2D eigenvalue weighted by Crippen LogP contribution is -2.35.